The third kappa shape index (κ3) is 3.45. The van der Waals surface area contributed by atoms with Gasteiger partial charge < -0.3 is 15.6 Å². The fourth-order valence-corrected chi connectivity index (χ4v) is 3.17. The molecule has 0 aliphatic carbocycles. The van der Waals surface area contributed by atoms with Crippen LogP contribution in [0.1, 0.15) is 26.2 Å². The third-order valence-corrected chi connectivity index (χ3v) is 4.48. The summed E-state index contributed by atoms with van der Waals surface area (Å²) in [5, 5.41) is 7.56. The summed E-state index contributed by atoms with van der Waals surface area (Å²) >= 11 is 0. The molecule has 1 aliphatic rings. The molecule has 4 heteroatoms. The van der Waals surface area contributed by atoms with Gasteiger partial charge in [-0.15, -0.1) is 0 Å². The first kappa shape index (κ1) is 14.1. The van der Waals surface area contributed by atoms with E-state index < -0.39 is 0 Å². The molecule has 1 amide bonds. The summed E-state index contributed by atoms with van der Waals surface area (Å²) in [5.74, 6) is 1.16. The Kier molecular flexibility index (Phi) is 4.25. The number of nitrogens with one attached hydrogen (secondary N) is 3. The number of amides is 1. The first-order chi connectivity index (χ1) is 10.2. The summed E-state index contributed by atoms with van der Waals surface area (Å²) < 4.78 is 0. The Labute approximate surface area is 125 Å². The number of hydrogen-bond acceptors (Lipinski definition) is 2. The van der Waals surface area contributed by atoms with E-state index in [0.717, 1.165) is 29.7 Å². The topological polar surface area (TPSA) is 56.9 Å². The van der Waals surface area contributed by atoms with Crippen LogP contribution in [0.3, 0.4) is 0 Å². The van der Waals surface area contributed by atoms with Crippen molar-refractivity contribution in [2.75, 3.05) is 18.4 Å². The molecule has 112 valence electrons. The lowest BCUT2D eigenvalue weighted by atomic mass is 9.85. The van der Waals surface area contributed by atoms with Crippen LogP contribution in [0.15, 0.2) is 30.5 Å². The van der Waals surface area contributed by atoms with Crippen molar-refractivity contribution in [1.29, 1.82) is 0 Å². The smallest absolute Gasteiger partial charge is 0.224 e. The van der Waals surface area contributed by atoms with Crippen LogP contribution in [0.25, 0.3) is 10.9 Å². The van der Waals surface area contributed by atoms with Crippen LogP contribution in [-0.4, -0.2) is 24.0 Å². The Morgan fingerprint density at radius 2 is 2.33 bits per heavy atom. The highest BCUT2D eigenvalue weighted by molar-refractivity contribution is 5.93. The summed E-state index contributed by atoms with van der Waals surface area (Å²) in [5.41, 5.74) is 1.97. The molecule has 1 fully saturated rings. The van der Waals surface area contributed by atoms with Crippen molar-refractivity contribution in [1.82, 2.24) is 10.3 Å². The number of aromatic amines is 1. The van der Waals surface area contributed by atoms with Crippen molar-refractivity contribution in [3.63, 3.8) is 0 Å². The standard InChI is InChI=1S/C17H23N3O/c1-12(14-3-2-7-18-11-14)9-17(21)20-15-4-5-16-13(10-15)6-8-19-16/h4-6,8,10,12,14,18-19H,2-3,7,9,11H2,1H3,(H,20,21). The second kappa shape index (κ2) is 6.31. The maximum Gasteiger partial charge on any atom is 0.224 e. The first-order valence-electron chi connectivity index (χ1n) is 7.80. The van der Waals surface area contributed by atoms with Gasteiger partial charge in [-0.25, -0.2) is 0 Å². The average molecular weight is 285 g/mol. The molecule has 0 radical (unpaired) electrons. The number of carbonyl (C=O) groups is 1. The predicted molar refractivity (Wildman–Crippen MR) is 86.3 cm³/mol. The number of rotatable bonds is 4. The second-order valence-electron chi connectivity index (χ2n) is 6.12. The molecule has 1 aromatic heterocycles. The summed E-state index contributed by atoms with van der Waals surface area (Å²) in [6, 6.07) is 7.97. The molecular formula is C17H23N3O. The zero-order valence-electron chi connectivity index (χ0n) is 12.5. The van der Waals surface area contributed by atoms with Gasteiger partial charge in [-0.2, -0.15) is 0 Å². The molecule has 4 nitrogen and oxygen atoms in total. The minimum absolute atomic E-state index is 0.114. The van der Waals surface area contributed by atoms with Crippen molar-refractivity contribution in [2.24, 2.45) is 11.8 Å². The average Bonchev–Trinajstić information content (AvgIpc) is 2.95. The molecule has 2 heterocycles. The molecular weight excluding hydrogens is 262 g/mol. The highest BCUT2D eigenvalue weighted by atomic mass is 16.1. The maximum absolute atomic E-state index is 12.2. The van der Waals surface area contributed by atoms with Gasteiger partial charge in [-0.1, -0.05) is 6.92 Å². The summed E-state index contributed by atoms with van der Waals surface area (Å²) in [6.07, 6.45) is 4.96. The van der Waals surface area contributed by atoms with E-state index in [1.54, 1.807) is 0 Å². The molecule has 1 aliphatic heterocycles. The number of benzene rings is 1. The van der Waals surface area contributed by atoms with Crippen LogP contribution in [0.4, 0.5) is 5.69 Å². The number of H-pyrrole nitrogens is 1. The summed E-state index contributed by atoms with van der Waals surface area (Å²) in [4.78, 5) is 15.4. The van der Waals surface area contributed by atoms with Gasteiger partial charge in [0.05, 0.1) is 0 Å². The van der Waals surface area contributed by atoms with Crippen LogP contribution >= 0.6 is 0 Å². The second-order valence-corrected chi connectivity index (χ2v) is 6.12. The first-order valence-corrected chi connectivity index (χ1v) is 7.80. The van der Waals surface area contributed by atoms with Crippen LogP contribution in [0, 0.1) is 11.8 Å². The zero-order chi connectivity index (χ0) is 14.7. The van der Waals surface area contributed by atoms with Crippen LogP contribution in [0.2, 0.25) is 0 Å². The minimum atomic E-state index is 0.114. The van der Waals surface area contributed by atoms with Gasteiger partial charge in [0.15, 0.2) is 0 Å². The summed E-state index contributed by atoms with van der Waals surface area (Å²) in [7, 11) is 0. The summed E-state index contributed by atoms with van der Waals surface area (Å²) in [6.45, 7) is 4.35. The molecule has 3 N–H and O–H groups in total. The number of carbonyl (C=O) groups excluding carboxylic acids is 1. The zero-order valence-corrected chi connectivity index (χ0v) is 12.5. The van der Waals surface area contributed by atoms with Gasteiger partial charge >= 0.3 is 0 Å². The fourth-order valence-electron chi connectivity index (χ4n) is 3.17. The lowest BCUT2D eigenvalue weighted by Crippen LogP contribution is -2.34. The van der Waals surface area contributed by atoms with Gasteiger partial charge in [0.1, 0.15) is 0 Å². The van der Waals surface area contributed by atoms with E-state index in [4.69, 9.17) is 0 Å². The molecule has 3 rings (SSSR count). The molecule has 0 spiro atoms. The van der Waals surface area contributed by atoms with Crippen LogP contribution < -0.4 is 10.6 Å². The Bertz CT molecular complexity index is 613. The Morgan fingerprint density at radius 3 is 3.14 bits per heavy atom. The van der Waals surface area contributed by atoms with Crippen LogP contribution in [0.5, 0.6) is 0 Å². The van der Waals surface area contributed by atoms with Gasteiger partial charge in [0.2, 0.25) is 5.91 Å². The van der Waals surface area contributed by atoms with Crippen molar-refractivity contribution < 1.29 is 4.79 Å². The SMILES string of the molecule is CC(CC(=O)Nc1ccc2[nH]ccc2c1)C1CCCNC1. The fraction of sp³-hybridized carbons (Fsp3) is 0.471. The van der Waals surface area contributed by atoms with Gasteiger partial charge in [-0.05, 0) is 62.0 Å². The quantitative estimate of drug-likeness (QED) is 0.808. The van der Waals surface area contributed by atoms with Crippen molar-refractivity contribution in [2.45, 2.75) is 26.2 Å². The lowest BCUT2D eigenvalue weighted by Gasteiger charge is -2.28. The molecule has 2 aromatic rings. The number of anilines is 1. The maximum atomic E-state index is 12.2. The highest BCUT2D eigenvalue weighted by Gasteiger charge is 2.22. The molecule has 1 aromatic carbocycles. The molecule has 21 heavy (non-hydrogen) atoms. The van der Waals surface area contributed by atoms with Crippen molar-refractivity contribution >= 4 is 22.5 Å². The lowest BCUT2D eigenvalue weighted by molar-refractivity contribution is -0.117. The minimum Gasteiger partial charge on any atom is -0.361 e. The van der Waals surface area contributed by atoms with E-state index >= 15 is 0 Å². The van der Waals surface area contributed by atoms with Gasteiger partial charge in [-0.3, -0.25) is 4.79 Å². The highest BCUT2D eigenvalue weighted by Crippen LogP contribution is 2.23. The van der Waals surface area contributed by atoms with Crippen LogP contribution in [-0.2, 0) is 4.79 Å². The number of aromatic nitrogens is 1. The Hall–Kier alpha value is -1.81. The van der Waals surface area contributed by atoms with E-state index in [-0.39, 0.29) is 5.91 Å². The molecule has 0 bridgehead atoms. The Balaban J connectivity index is 1.57. The van der Waals surface area contributed by atoms with E-state index in [1.165, 1.54) is 12.8 Å². The van der Waals surface area contributed by atoms with E-state index in [1.807, 2.05) is 30.5 Å². The number of hydrogen-bond donors (Lipinski definition) is 3. The largest absolute Gasteiger partial charge is 0.361 e. The van der Waals surface area contributed by atoms with Gasteiger partial charge in [0.25, 0.3) is 0 Å². The van der Waals surface area contributed by atoms with Crippen molar-refractivity contribution in [3.05, 3.63) is 30.5 Å². The molecule has 0 saturated carbocycles. The molecule has 2 unspecified atom stereocenters. The monoisotopic (exact) mass is 285 g/mol. The van der Waals surface area contributed by atoms with E-state index in [0.29, 0.717) is 18.3 Å². The number of fused-ring (bicyclic) bond motifs is 1. The normalized spacial score (nSPS) is 20.3. The molecule has 2 atom stereocenters. The predicted octanol–water partition coefficient (Wildman–Crippen LogP) is 3.13. The molecule has 1 saturated heterocycles. The Morgan fingerprint density at radius 1 is 1.43 bits per heavy atom. The van der Waals surface area contributed by atoms with E-state index in [2.05, 4.69) is 22.5 Å². The number of piperidine rings is 1. The van der Waals surface area contributed by atoms with Gasteiger partial charge in [0, 0.05) is 29.2 Å². The van der Waals surface area contributed by atoms with Crippen molar-refractivity contribution in [3.8, 4) is 0 Å². The van der Waals surface area contributed by atoms with E-state index in [9.17, 15) is 4.79 Å². The third-order valence-electron chi connectivity index (χ3n) is 4.48.